The van der Waals surface area contributed by atoms with Crippen LogP contribution in [0, 0.1) is 0 Å². The van der Waals surface area contributed by atoms with Crippen LogP contribution < -0.4 is 9.47 Å². The van der Waals surface area contributed by atoms with Crippen LogP contribution in [0.15, 0.2) is 53.5 Å². The van der Waals surface area contributed by atoms with Gasteiger partial charge in [0.1, 0.15) is 5.71 Å². The van der Waals surface area contributed by atoms with Gasteiger partial charge in [-0.15, -0.1) is 11.6 Å². The normalized spacial score (nSPS) is 18.0. The van der Waals surface area contributed by atoms with E-state index in [9.17, 15) is 9.59 Å². The molecule has 1 atom stereocenters. The number of likely N-dealkylation sites (tertiary alicyclic amines) is 1. The molecule has 1 saturated heterocycles. The molecule has 1 heterocycles. The number of carbonyl (C=O) groups excluding carboxylic acids is 2. The van der Waals surface area contributed by atoms with Crippen molar-refractivity contribution in [3.8, 4) is 11.5 Å². The van der Waals surface area contributed by atoms with Gasteiger partial charge in [-0.3, -0.25) is 19.5 Å². The maximum Gasteiger partial charge on any atom is 0.276 e. The van der Waals surface area contributed by atoms with E-state index in [-0.39, 0.29) is 12.3 Å². The van der Waals surface area contributed by atoms with Crippen LogP contribution in [-0.4, -0.2) is 48.6 Å². The van der Waals surface area contributed by atoms with E-state index in [1.54, 1.807) is 14.2 Å². The Bertz CT molecular complexity index is 899. The molecule has 6 nitrogen and oxygen atoms in total. The maximum atomic E-state index is 12.6. The lowest BCUT2D eigenvalue weighted by atomic mass is 10.1. The fourth-order valence-electron chi connectivity index (χ4n) is 3.01. The zero-order valence-corrected chi connectivity index (χ0v) is 16.5. The van der Waals surface area contributed by atoms with Crippen molar-refractivity contribution in [1.82, 2.24) is 4.90 Å². The first-order valence-electron chi connectivity index (χ1n) is 8.84. The smallest absolute Gasteiger partial charge is 0.276 e. The number of amides is 2. The number of aliphatic imine (C=N–C) groups is 1. The largest absolute Gasteiger partial charge is 0.493 e. The average Bonchev–Trinajstić information content (AvgIpc) is 2.92. The molecule has 146 valence electrons. The number of nitrogens with zero attached hydrogens (tertiary/aromatic N) is 2. The van der Waals surface area contributed by atoms with Crippen LogP contribution in [0.4, 0.5) is 0 Å². The Morgan fingerprint density at radius 3 is 2.39 bits per heavy atom. The summed E-state index contributed by atoms with van der Waals surface area (Å²) in [6.45, 7) is 0.530. The second kappa shape index (κ2) is 8.89. The predicted octanol–water partition coefficient (Wildman–Crippen LogP) is 2.86. The van der Waals surface area contributed by atoms with Crippen LogP contribution in [0.3, 0.4) is 0 Å². The zero-order chi connectivity index (χ0) is 20.1. The highest BCUT2D eigenvalue weighted by Crippen LogP contribution is 2.27. The Kier molecular flexibility index (Phi) is 6.31. The van der Waals surface area contributed by atoms with Crippen LogP contribution in [0.25, 0.3) is 0 Å². The molecule has 2 aromatic rings. The van der Waals surface area contributed by atoms with E-state index in [0.29, 0.717) is 24.5 Å². The maximum absolute atomic E-state index is 12.6. The third-order valence-corrected chi connectivity index (χ3v) is 4.89. The summed E-state index contributed by atoms with van der Waals surface area (Å²) in [5, 5.41) is -1.04. The van der Waals surface area contributed by atoms with E-state index in [2.05, 4.69) is 4.99 Å². The summed E-state index contributed by atoms with van der Waals surface area (Å²) < 4.78 is 10.5. The minimum atomic E-state index is -1.04. The first-order chi connectivity index (χ1) is 13.5. The van der Waals surface area contributed by atoms with Crippen LogP contribution in [0.1, 0.15) is 11.1 Å². The SMILES string of the molecule is COc1ccc(CCN=C2C(=O)N(Cc3ccccc3)C(=O)C2Cl)cc1OC. The number of ether oxygens (including phenoxy) is 2. The number of alkyl halides is 1. The number of hydrogen-bond acceptors (Lipinski definition) is 5. The molecule has 1 fully saturated rings. The van der Waals surface area contributed by atoms with Gasteiger partial charge in [0.15, 0.2) is 16.9 Å². The number of rotatable bonds is 7. The summed E-state index contributed by atoms with van der Waals surface area (Å²) in [7, 11) is 3.15. The molecule has 0 radical (unpaired) electrons. The molecule has 0 bridgehead atoms. The second-order valence-electron chi connectivity index (χ2n) is 6.28. The molecule has 2 amide bonds. The zero-order valence-electron chi connectivity index (χ0n) is 15.7. The summed E-state index contributed by atoms with van der Waals surface area (Å²) in [5.74, 6) is 0.414. The Morgan fingerprint density at radius 1 is 1.00 bits per heavy atom. The summed E-state index contributed by atoms with van der Waals surface area (Å²) in [4.78, 5) is 30.5. The van der Waals surface area contributed by atoms with Gasteiger partial charge in [0.25, 0.3) is 11.8 Å². The second-order valence-corrected chi connectivity index (χ2v) is 6.72. The fraction of sp³-hybridized carbons (Fsp3) is 0.286. The number of carbonyl (C=O) groups is 2. The standard InChI is InChI=1S/C21H21ClN2O4/c1-27-16-9-8-14(12-17(16)28-2)10-11-23-19-18(22)20(25)24(21(19)26)13-15-6-4-3-5-7-15/h3-9,12,18H,10-11,13H2,1-2H3. The molecule has 0 N–H and O–H groups in total. The summed E-state index contributed by atoms with van der Waals surface area (Å²) in [6.07, 6.45) is 0.577. The Labute approximate surface area is 168 Å². The first-order valence-corrected chi connectivity index (χ1v) is 9.27. The van der Waals surface area contributed by atoms with E-state index >= 15 is 0 Å². The highest BCUT2D eigenvalue weighted by atomic mass is 35.5. The summed E-state index contributed by atoms with van der Waals surface area (Å²) in [5.41, 5.74) is 1.94. The van der Waals surface area contributed by atoms with Crippen molar-refractivity contribution >= 4 is 29.1 Å². The van der Waals surface area contributed by atoms with Crippen molar-refractivity contribution in [1.29, 1.82) is 0 Å². The number of halogens is 1. The molecule has 28 heavy (non-hydrogen) atoms. The van der Waals surface area contributed by atoms with Crippen molar-refractivity contribution in [3.05, 3.63) is 59.7 Å². The monoisotopic (exact) mass is 400 g/mol. The fourth-order valence-corrected chi connectivity index (χ4v) is 3.29. The van der Waals surface area contributed by atoms with Crippen molar-refractivity contribution in [2.24, 2.45) is 4.99 Å². The van der Waals surface area contributed by atoms with Crippen LogP contribution >= 0.6 is 11.6 Å². The van der Waals surface area contributed by atoms with Crippen molar-refractivity contribution in [3.63, 3.8) is 0 Å². The molecular formula is C21H21ClN2O4. The van der Waals surface area contributed by atoms with E-state index in [1.165, 1.54) is 0 Å². The predicted molar refractivity (Wildman–Crippen MR) is 107 cm³/mol. The topological polar surface area (TPSA) is 68.2 Å². The van der Waals surface area contributed by atoms with Crippen molar-refractivity contribution in [2.75, 3.05) is 20.8 Å². The number of hydrogen-bond donors (Lipinski definition) is 0. The molecule has 1 unspecified atom stereocenters. The number of imide groups is 1. The van der Waals surface area contributed by atoms with Gasteiger partial charge in [-0.1, -0.05) is 36.4 Å². The molecule has 0 spiro atoms. The molecule has 1 aliphatic heterocycles. The molecule has 0 aliphatic carbocycles. The third kappa shape index (κ3) is 4.17. The molecule has 1 aliphatic rings. The van der Waals surface area contributed by atoms with E-state index in [4.69, 9.17) is 21.1 Å². The third-order valence-electron chi connectivity index (χ3n) is 4.50. The Balaban J connectivity index is 1.68. The van der Waals surface area contributed by atoms with Gasteiger partial charge in [0.2, 0.25) is 0 Å². The lowest BCUT2D eigenvalue weighted by Crippen LogP contribution is -2.30. The Morgan fingerprint density at radius 2 is 1.71 bits per heavy atom. The van der Waals surface area contributed by atoms with Crippen LogP contribution in [0.5, 0.6) is 11.5 Å². The van der Waals surface area contributed by atoms with Crippen molar-refractivity contribution < 1.29 is 19.1 Å². The minimum Gasteiger partial charge on any atom is -0.493 e. The van der Waals surface area contributed by atoms with Gasteiger partial charge < -0.3 is 9.47 Å². The average molecular weight is 401 g/mol. The van der Waals surface area contributed by atoms with Gasteiger partial charge in [0, 0.05) is 6.54 Å². The molecule has 3 rings (SSSR count). The quantitative estimate of drug-likeness (QED) is 0.529. The molecule has 7 heteroatoms. The lowest BCUT2D eigenvalue weighted by molar-refractivity contribution is -0.137. The van der Waals surface area contributed by atoms with Gasteiger partial charge in [0.05, 0.1) is 20.8 Å². The van der Waals surface area contributed by atoms with E-state index in [1.807, 2.05) is 48.5 Å². The highest BCUT2D eigenvalue weighted by molar-refractivity contribution is 6.63. The molecule has 2 aromatic carbocycles. The summed E-state index contributed by atoms with van der Waals surface area (Å²) >= 11 is 6.17. The summed E-state index contributed by atoms with van der Waals surface area (Å²) in [6, 6.07) is 14.9. The number of methoxy groups -OCH3 is 2. The molecular weight excluding hydrogens is 380 g/mol. The van der Waals surface area contributed by atoms with Gasteiger partial charge in [-0.25, -0.2) is 0 Å². The minimum absolute atomic E-state index is 0.100. The van der Waals surface area contributed by atoms with Crippen molar-refractivity contribution in [2.45, 2.75) is 18.3 Å². The van der Waals surface area contributed by atoms with Gasteiger partial charge in [-0.05, 0) is 29.7 Å². The number of benzene rings is 2. The Hall–Kier alpha value is -2.86. The van der Waals surface area contributed by atoms with Crippen LogP contribution in [0.2, 0.25) is 0 Å². The first kappa shape index (κ1) is 19.9. The van der Waals surface area contributed by atoms with Crippen LogP contribution in [-0.2, 0) is 22.6 Å². The molecule has 0 aromatic heterocycles. The highest BCUT2D eigenvalue weighted by Gasteiger charge is 2.43. The van der Waals surface area contributed by atoms with E-state index in [0.717, 1.165) is 16.0 Å². The lowest BCUT2D eigenvalue weighted by Gasteiger charge is -2.12. The van der Waals surface area contributed by atoms with E-state index < -0.39 is 17.2 Å². The molecule has 0 saturated carbocycles. The van der Waals surface area contributed by atoms with Gasteiger partial charge in [-0.2, -0.15) is 0 Å². The van der Waals surface area contributed by atoms with Gasteiger partial charge >= 0.3 is 0 Å².